The van der Waals surface area contributed by atoms with Crippen LogP contribution in [0.5, 0.6) is 0 Å². The van der Waals surface area contributed by atoms with Crippen molar-refractivity contribution >= 4 is 34.4 Å². The van der Waals surface area contributed by atoms with E-state index in [4.69, 9.17) is 21.7 Å². The summed E-state index contributed by atoms with van der Waals surface area (Å²) < 4.78 is 139. The predicted octanol–water partition coefficient (Wildman–Crippen LogP) is 3.18. The number of rotatable bonds is 8. The van der Waals surface area contributed by atoms with Gasteiger partial charge in [0, 0.05) is 30.0 Å². The molecule has 6 N–H and O–H groups in total. The molecule has 0 spiro atoms. The van der Waals surface area contributed by atoms with Gasteiger partial charge in [-0.3, -0.25) is 9.59 Å². The maximum Gasteiger partial charge on any atom is 0.304 e. The quantitative estimate of drug-likeness (QED) is 0.131. The van der Waals surface area contributed by atoms with Gasteiger partial charge in [-0.1, -0.05) is 0 Å². The molecular formula is C20H19F9N2O6S2. The minimum Gasteiger partial charge on any atom is -0.481 e. The summed E-state index contributed by atoms with van der Waals surface area (Å²) in [5, 5.41) is 16.2. The number of benzene rings is 2. The molecule has 2 rings (SSSR count). The Bertz CT molecular complexity index is 1270. The van der Waals surface area contributed by atoms with Gasteiger partial charge in [-0.15, -0.1) is 0 Å². The number of hydrogen-bond acceptors (Lipinski definition) is 7. The maximum absolute atomic E-state index is 13.5. The Kier molecular flexibility index (Phi) is 14.3. The molecule has 0 aliphatic rings. The van der Waals surface area contributed by atoms with Crippen molar-refractivity contribution in [1.82, 2.24) is 0 Å². The highest BCUT2D eigenvalue weighted by molar-refractivity contribution is 7.91. The van der Waals surface area contributed by atoms with Gasteiger partial charge in [0.2, 0.25) is 5.82 Å². The zero-order chi connectivity index (χ0) is 30.8. The topological polar surface area (TPSA) is 161 Å². The van der Waals surface area contributed by atoms with Gasteiger partial charge in [-0.05, 0) is 0 Å². The number of nitrogens with two attached hydrogens (primary N) is 2. The van der Waals surface area contributed by atoms with Crippen molar-refractivity contribution in [3.8, 4) is 0 Å². The van der Waals surface area contributed by atoms with Crippen LogP contribution in [0.4, 0.5) is 39.5 Å². The summed E-state index contributed by atoms with van der Waals surface area (Å²) in [5.74, 6) is -21.0. The van der Waals surface area contributed by atoms with Crippen molar-refractivity contribution < 1.29 is 67.7 Å². The second kappa shape index (κ2) is 15.5. The molecule has 39 heavy (non-hydrogen) atoms. The first-order valence-electron chi connectivity index (χ1n) is 9.93. The van der Waals surface area contributed by atoms with Gasteiger partial charge in [0.05, 0.1) is 18.6 Å². The molecule has 2 aromatic rings. The average Bonchev–Trinajstić information content (AvgIpc) is 2.85. The molecule has 2 aromatic carbocycles. The SMILES string of the molecule is NCc1c(F)c(F)c(F)c(F)c1F.NCc1c(F)c(F)c(S(=O)(=O)CCC(=O)O)c(F)c1F.O=C(O)CCS. The number of carboxylic acid groups (broad SMARTS) is 2. The van der Waals surface area contributed by atoms with Crippen molar-refractivity contribution in [2.24, 2.45) is 11.5 Å². The summed E-state index contributed by atoms with van der Waals surface area (Å²) in [5.41, 5.74) is 7.58. The van der Waals surface area contributed by atoms with E-state index in [-0.39, 0.29) is 6.42 Å². The summed E-state index contributed by atoms with van der Waals surface area (Å²) in [6.07, 6.45) is -0.813. The Balaban J connectivity index is 0.000000648. The number of aliphatic carboxylic acids is 2. The van der Waals surface area contributed by atoms with Crippen LogP contribution in [-0.4, -0.2) is 42.1 Å². The summed E-state index contributed by atoms with van der Waals surface area (Å²) in [4.78, 5) is 18.0. The standard InChI is InChI=1S/C10H9F4NO4S.C7H4F5N.C3H6O2S/c11-6-4(3-15)7(12)9(14)10(8(6)13)20(18,19)2-1-5(16)17;8-3-2(1-13)4(9)6(11)7(12)5(3)10;4-3(5)1-2-6/h1-3,15H2,(H,16,17);1,13H2;6H,1-2H2,(H,4,5). The Morgan fingerprint density at radius 3 is 1.18 bits per heavy atom. The first-order valence-corrected chi connectivity index (χ1v) is 12.2. The number of sulfone groups is 1. The van der Waals surface area contributed by atoms with Crippen molar-refractivity contribution in [1.29, 1.82) is 0 Å². The summed E-state index contributed by atoms with van der Waals surface area (Å²) in [6.45, 7) is -1.62. The normalized spacial score (nSPS) is 10.8. The lowest BCUT2D eigenvalue weighted by Gasteiger charge is -2.11. The first-order chi connectivity index (χ1) is 17.9. The largest absolute Gasteiger partial charge is 0.481 e. The van der Waals surface area contributed by atoms with E-state index in [2.05, 4.69) is 12.6 Å². The zero-order valence-electron chi connectivity index (χ0n) is 19.2. The second-order valence-electron chi connectivity index (χ2n) is 6.85. The minimum absolute atomic E-state index is 0.156. The first kappa shape index (κ1) is 36.0. The lowest BCUT2D eigenvalue weighted by molar-refractivity contribution is -0.137. The van der Waals surface area contributed by atoms with Crippen LogP contribution >= 0.6 is 12.6 Å². The monoisotopic (exact) mass is 618 g/mol. The third kappa shape index (κ3) is 9.29. The van der Waals surface area contributed by atoms with Crippen LogP contribution in [0.2, 0.25) is 0 Å². The Morgan fingerprint density at radius 2 is 0.923 bits per heavy atom. The molecule has 0 bridgehead atoms. The molecule has 0 radical (unpaired) electrons. The average molecular weight is 618 g/mol. The molecule has 0 unspecified atom stereocenters. The van der Waals surface area contributed by atoms with E-state index in [1.807, 2.05) is 0 Å². The molecule has 0 aromatic heterocycles. The Hall–Kier alpha value is -3.03. The van der Waals surface area contributed by atoms with E-state index >= 15 is 0 Å². The minimum atomic E-state index is -4.84. The van der Waals surface area contributed by atoms with Crippen molar-refractivity contribution in [3.05, 3.63) is 63.5 Å². The Morgan fingerprint density at radius 1 is 0.615 bits per heavy atom. The van der Waals surface area contributed by atoms with E-state index in [0.717, 1.165) is 0 Å². The molecule has 0 saturated carbocycles. The molecular weight excluding hydrogens is 599 g/mol. The van der Waals surface area contributed by atoms with Gasteiger partial charge < -0.3 is 21.7 Å². The van der Waals surface area contributed by atoms with Gasteiger partial charge in [-0.2, -0.15) is 12.6 Å². The van der Waals surface area contributed by atoms with Gasteiger partial charge in [0.15, 0.2) is 56.4 Å². The molecule has 0 fully saturated rings. The highest BCUT2D eigenvalue weighted by atomic mass is 32.2. The number of carboxylic acids is 2. The molecule has 0 saturated heterocycles. The van der Waals surface area contributed by atoms with E-state index in [9.17, 15) is 57.5 Å². The van der Waals surface area contributed by atoms with E-state index < -0.39 is 115 Å². The van der Waals surface area contributed by atoms with Gasteiger partial charge in [0.1, 0.15) is 4.90 Å². The van der Waals surface area contributed by atoms with Crippen LogP contribution < -0.4 is 11.5 Å². The molecule has 8 nitrogen and oxygen atoms in total. The van der Waals surface area contributed by atoms with E-state index in [1.165, 1.54) is 0 Å². The van der Waals surface area contributed by atoms with Crippen molar-refractivity contribution in [2.45, 2.75) is 30.8 Å². The maximum atomic E-state index is 13.5. The van der Waals surface area contributed by atoms with Gasteiger partial charge in [-0.25, -0.2) is 47.9 Å². The van der Waals surface area contributed by atoms with Gasteiger partial charge >= 0.3 is 11.9 Å². The zero-order valence-corrected chi connectivity index (χ0v) is 20.9. The number of carbonyl (C=O) groups is 2. The molecule has 0 atom stereocenters. The summed E-state index contributed by atoms with van der Waals surface area (Å²) in [7, 11) is -4.84. The number of hydrogen-bond donors (Lipinski definition) is 5. The third-order valence-corrected chi connectivity index (χ3v) is 6.19. The lowest BCUT2D eigenvalue weighted by Crippen LogP contribution is -2.18. The molecule has 0 heterocycles. The van der Waals surface area contributed by atoms with Crippen LogP contribution in [0.3, 0.4) is 0 Å². The van der Waals surface area contributed by atoms with Crippen LogP contribution in [-0.2, 0) is 32.5 Å². The van der Waals surface area contributed by atoms with Crippen LogP contribution in [0.25, 0.3) is 0 Å². The molecule has 220 valence electrons. The van der Waals surface area contributed by atoms with E-state index in [1.54, 1.807) is 0 Å². The van der Waals surface area contributed by atoms with Crippen molar-refractivity contribution in [3.63, 3.8) is 0 Å². The lowest BCUT2D eigenvalue weighted by atomic mass is 10.1. The molecule has 0 amide bonds. The smallest absolute Gasteiger partial charge is 0.304 e. The Labute approximate surface area is 219 Å². The van der Waals surface area contributed by atoms with Crippen molar-refractivity contribution in [2.75, 3.05) is 11.5 Å². The van der Waals surface area contributed by atoms with E-state index in [0.29, 0.717) is 5.75 Å². The summed E-state index contributed by atoms with van der Waals surface area (Å²) >= 11 is 3.68. The van der Waals surface area contributed by atoms with Crippen LogP contribution in [0, 0.1) is 52.4 Å². The fourth-order valence-electron chi connectivity index (χ4n) is 2.36. The highest BCUT2D eigenvalue weighted by Crippen LogP contribution is 2.28. The number of halogens is 9. The van der Waals surface area contributed by atoms with Gasteiger partial charge in [0.25, 0.3) is 0 Å². The fraction of sp³-hybridized carbons (Fsp3) is 0.300. The number of thiol groups is 1. The van der Waals surface area contributed by atoms with Crippen LogP contribution in [0.15, 0.2) is 4.90 Å². The van der Waals surface area contributed by atoms with Crippen LogP contribution in [0.1, 0.15) is 24.0 Å². The fourth-order valence-corrected chi connectivity index (χ4v) is 3.92. The molecule has 0 aliphatic carbocycles. The second-order valence-corrected chi connectivity index (χ2v) is 9.34. The predicted molar refractivity (Wildman–Crippen MR) is 119 cm³/mol. The summed E-state index contributed by atoms with van der Waals surface area (Å²) in [6, 6.07) is 0. The third-order valence-electron chi connectivity index (χ3n) is 4.24. The molecule has 19 heteroatoms. The molecule has 0 aliphatic heterocycles. The highest BCUT2D eigenvalue weighted by Gasteiger charge is 2.32.